The zero-order chi connectivity index (χ0) is 17.4. The standard InChI is InChI=1S/C18H23NO5/c1-14-18(24-12-3-11-20)17(21)8-9-19(14)10-13-23-16-6-4-15(22-2)5-7-16/h4-9,20H,3,10-13H2,1-2H3. The zero-order valence-corrected chi connectivity index (χ0v) is 14.0. The van der Waals surface area contributed by atoms with E-state index in [9.17, 15) is 4.79 Å². The summed E-state index contributed by atoms with van der Waals surface area (Å²) < 4.78 is 18.2. The first-order valence-electron chi connectivity index (χ1n) is 7.86. The summed E-state index contributed by atoms with van der Waals surface area (Å²) in [5.41, 5.74) is 0.594. The fraction of sp³-hybridized carbons (Fsp3) is 0.389. The molecule has 2 rings (SSSR count). The van der Waals surface area contributed by atoms with E-state index in [2.05, 4.69) is 0 Å². The Morgan fingerprint density at radius 1 is 1.04 bits per heavy atom. The number of nitrogens with zero attached hydrogens (tertiary/aromatic N) is 1. The van der Waals surface area contributed by atoms with E-state index in [1.165, 1.54) is 6.07 Å². The Kier molecular flexibility index (Phi) is 6.69. The van der Waals surface area contributed by atoms with Crippen LogP contribution in [0.1, 0.15) is 12.1 Å². The lowest BCUT2D eigenvalue weighted by molar-refractivity contribution is 0.230. The summed E-state index contributed by atoms with van der Waals surface area (Å²) in [5, 5.41) is 8.81. The summed E-state index contributed by atoms with van der Waals surface area (Å²) in [4.78, 5) is 11.9. The van der Waals surface area contributed by atoms with Crippen molar-refractivity contribution in [2.45, 2.75) is 19.9 Å². The second-order valence-electron chi connectivity index (χ2n) is 5.24. The Labute approximate surface area is 141 Å². The third-order valence-electron chi connectivity index (χ3n) is 3.60. The van der Waals surface area contributed by atoms with Crippen molar-refractivity contribution in [2.75, 3.05) is 26.9 Å². The van der Waals surface area contributed by atoms with Crippen molar-refractivity contribution < 1.29 is 19.3 Å². The van der Waals surface area contributed by atoms with Crippen LogP contribution in [0.3, 0.4) is 0 Å². The summed E-state index contributed by atoms with van der Waals surface area (Å²) in [6, 6.07) is 8.86. The molecule has 0 aliphatic rings. The monoisotopic (exact) mass is 333 g/mol. The fourth-order valence-corrected chi connectivity index (χ4v) is 2.24. The number of methoxy groups -OCH3 is 1. The number of aliphatic hydroxyl groups excluding tert-OH is 1. The molecule has 24 heavy (non-hydrogen) atoms. The molecule has 0 unspecified atom stereocenters. The normalized spacial score (nSPS) is 10.5. The number of hydrogen-bond acceptors (Lipinski definition) is 5. The molecule has 1 aromatic heterocycles. The molecular weight excluding hydrogens is 310 g/mol. The molecule has 0 saturated heterocycles. The van der Waals surface area contributed by atoms with Gasteiger partial charge >= 0.3 is 0 Å². The smallest absolute Gasteiger partial charge is 0.223 e. The molecule has 0 saturated carbocycles. The van der Waals surface area contributed by atoms with Gasteiger partial charge in [-0.15, -0.1) is 0 Å². The van der Waals surface area contributed by atoms with Gasteiger partial charge in [0.25, 0.3) is 0 Å². The predicted molar refractivity (Wildman–Crippen MR) is 91.1 cm³/mol. The lowest BCUT2D eigenvalue weighted by atomic mass is 10.3. The van der Waals surface area contributed by atoms with Gasteiger partial charge in [0, 0.05) is 25.3 Å². The molecule has 0 aliphatic carbocycles. The number of benzene rings is 1. The van der Waals surface area contributed by atoms with Gasteiger partial charge in [-0.05, 0) is 31.2 Å². The van der Waals surface area contributed by atoms with E-state index < -0.39 is 0 Å². The third-order valence-corrected chi connectivity index (χ3v) is 3.60. The topological polar surface area (TPSA) is 69.9 Å². The molecule has 0 amide bonds. The van der Waals surface area contributed by atoms with E-state index >= 15 is 0 Å². The molecule has 0 fully saturated rings. The molecular formula is C18H23NO5. The molecule has 1 heterocycles. The van der Waals surface area contributed by atoms with Crippen LogP contribution in [0.2, 0.25) is 0 Å². The minimum Gasteiger partial charge on any atom is -0.497 e. The molecule has 1 aromatic carbocycles. The van der Waals surface area contributed by atoms with Crippen LogP contribution in [0.5, 0.6) is 17.2 Å². The van der Waals surface area contributed by atoms with Crippen LogP contribution < -0.4 is 19.6 Å². The van der Waals surface area contributed by atoms with E-state index in [4.69, 9.17) is 19.3 Å². The number of aliphatic hydroxyl groups is 1. The maximum atomic E-state index is 11.9. The second-order valence-corrected chi connectivity index (χ2v) is 5.24. The molecule has 130 valence electrons. The highest BCUT2D eigenvalue weighted by atomic mass is 16.5. The predicted octanol–water partition coefficient (Wildman–Crippen LogP) is 2.01. The van der Waals surface area contributed by atoms with Crippen LogP contribution in [-0.4, -0.2) is 36.6 Å². The minimum absolute atomic E-state index is 0.0375. The highest BCUT2D eigenvalue weighted by Gasteiger charge is 2.08. The average molecular weight is 333 g/mol. The Balaban J connectivity index is 1.96. The second kappa shape index (κ2) is 8.98. The maximum Gasteiger partial charge on any atom is 0.223 e. The summed E-state index contributed by atoms with van der Waals surface area (Å²) in [7, 11) is 1.62. The van der Waals surface area contributed by atoms with Crippen LogP contribution in [-0.2, 0) is 6.54 Å². The van der Waals surface area contributed by atoms with Crippen LogP contribution in [0, 0.1) is 6.92 Å². The molecule has 0 radical (unpaired) electrons. The van der Waals surface area contributed by atoms with Crippen molar-refractivity contribution in [3.63, 3.8) is 0 Å². The van der Waals surface area contributed by atoms with Crippen molar-refractivity contribution in [1.82, 2.24) is 4.57 Å². The van der Waals surface area contributed by atoms with E-state index in [-0.39, 0.29) is 12.0 Å². The Hall–Kier alpha value is -2.47. The highest BCUT2D eigenvalue weighted by Crippen LogP contribution is 2.17. The average Bonchev–Trinajstić information content (AvgIpc) is 2.60. The molecule has 6 nitrogen and oxygen atoms in total. The van der Waals surface area contributed by atoms with E-state index in [1.807, 2.05) is 35.8 Å². The first-order valence-corrected chi connectivity index (χ1v) is 7.86. The first-order chi connectivity index (χ1) is 11.7. The van der Waals surface area contributed by atoms with Crippen molar-refractivity contribution in [2.24, 2.45) is 0 Å². The first kappa shape index (κ1) is 17.9. The lowest BCUT2D eigenvalue weighted by Crippen LogP contribution is -2.18. The van der Waals surface area contributed by atoms with Crippen LogP contribution in [0.25, 0.3) is 0 Å². The van der Waals surface area contributed by atoms with Gasteiger partial charge in [0.05, 0.1) is 26.0 Å². The largest absolute Gasteiger partial charge is 0.497 e. The maximum absolute atomic E-state index is 11.9. The van der Waals surface area contributed by atoms with Gasteiger partial charge in [0.15, 0.2) is 5.75 Å². The van der Waals surface area contributed by atoms with Gasteiger partial charge in [-0.2, -0.15) is 0 Å². The Bertz CT molecular complexity index is 694. The van der Waals surface area contributed by atoms with E-state index in [0.717, 1.165) is 17.2 Å². The Morgan fingerprint density at radius 2 is 1.75 bits per heavy atom. The molecule has 1 N–H and O–H groups in total. The van der Waals surface area contributed by atoms with Gasteiger partial charge in [-0.25, -0.2) is 0 Å². The number of rotatable bonds is 9. The molecule has 0 bridgehead atoms. The molecule has 0 spiro atoms. The lowest BCUT2D eigenvalue weighted by Gasteiger charge is -2.15. The van der Waals surface area contributed by atoms with Crippen LogP contribution >= 0.6 is 0 Å². The van der Waals surface area contributed by atoms with Crippen molar-refractivity contribution in [3.05, 3.63) is 52.4 Å². The number of pyridine rings is 1. The van der Waals surface area contributed by atoms with Gasteiger partial charge in [-0.1, -0.05) is 0 Å². The SMILES string of the molecule is COc1ccc(OCCn2ccc(=O)c(OCCCO)c2C)cc1. The number of hydrogen-bond donors (Lipinski definition) is 1. The minimum atomic E-state index is -0.155. The summed E-state index contributed by atoms with van der Waals surface area (Å²) >= 11 is 0. The molecule has 0 aliphatic heterocycles. The highest BCUT2D eigenvalue weighted by molar-refractivity contribution is 5.31. The zero-order valence-electron chi connectivity index (χ0n) is 14.0. The van der Waals surface area contributed by atoms with Crippen LogP contribution in [0.15, 0.2) is 41.3 Å². The number of aromatic nitrogens is 1. The van der Waals surface area contributed by atoms with Gasteiger partial charge in [0.1, 0.15) is 18.1 Å². The van der Waals surface area contributed by atoms with Gasteiger partial charge in [-0.3, -0.25) is 4.79 Å². The quantitative estimate of drug-likeness (QED) is 0.711. The molecule has 2 aromatic rings. The van der Waals surface area contributed by atoms with Crippen molar-refractivity contribution in [3.8, 4) is 17.2 Å². The summed E-state index contributed by atoms with van der Waals surface area (Å²) in [6.07, 6.45) is 2.22. The molecule has 0 atom stereocenters. The van der Waals surface area contributed by atoms with Gasteiger partial charge in [0.2, 0.25) is 5.43 Å². The van der Waals surface area contributed by atoms with Crippen LogP contribution in [0.4, 0.5) is 0 Å². The summed E-state index contributed by atoms with van der Waals surface area (Å²) in [6.45, 7) is 3.25. The summed E-state index contributed by atoms with van der Waals surface area (Å²) in [5.74, 6) is 1.87. The third kappa shape index (κ3) is 4.76. The fourth-order valence-electron chi connectivity index (χ4n) is 2.24. The van der Waals surface area contributed by atoms with Crippen molar-refractivity contribution in [1.29, 1.82) is 0 Å². The van der Waals surface area contributed by atoms with E-state index in [1.54, 1.807) is 13.3 Å². The van der Waals surface area contributed by atoms with Crippen molar-refractivity contribution >= 4 is 0 Å². The van der Waals surface area contributed by atoms with Gasteiger partial charge < -0.3 is 23.9 Å². The number of ether oxygens (including phenoxy) is 3. The Morgan fingerprint density at radius 3 is 2.42 bits per heavy atom. The molecule has 6 heteroatoms. The van der Waals surface area contributed by atoms with E-state index in [0.29, 0.717) is 31.9 Å².